The lowest BCUT2D eigenvalue weighted by Gasteiger charge is -2.14. The summed E-state index contributed by atoms with van der Waals surface area (Å²) in [4.78, 5) is 28.4. The number of hydrogen-bond donors (Lipinski definition) is 2. The Balaban J connectivity index is 2.02. The van der Waals surface area contributed by atoms with Crippen molar-refractivity contribution in [2.75, 3.05) is 6.54 Å². The second kappa shape index (κ2) is 8.82. The van der Waals surface area contributed by atoms with Crippen molar-refractivity contribution in [3.63, 3.8) is 0 Å². The predicted molar refractivity (Wildman–Crippen MR) is 93.8 cm³/mol. The van der Waals surface area contributed by atoms with Crippen molar-refractivity contribution in [3.8, 4) is 0 Å². The van der Waals surface area contributed by atoms with Crippen LogP contribution in [-0.4, -0.2) is 23.3 Å². The minimum absolute atomic E-state index is 0.124. The molecule has 126 valence electrons. The van der Waals surface area contributed by atoms with E-state index in [4.69, 9.17) is 0 Å². The molecule has 0 aliphatic carbocycles. The minimum Gasteiger partial charge on any atom is -0.352 e. The highest BCUT2D eigenvalue weighted by atomic mass is 16.2. The van der Waals surface area contributed by atoms with Gasteiger partial charge in [0, 0.05) is 18.9 Å². The Morgan fingerprint density at radius 3 is 2.42 bits per heavy atom. The van der Waals surface area contributed by atoms with E-state index in [1.165, 1.54) is 12.4 Å². The maximum atomic E-state index is 12.4. The second-order valence-corrected chi connectivity index (χ2v) is 5.68. The third kappa shape index (κ3) is 4.91. The van der Waals surface area contributed by atoms with Gasteiger partial charge in [0.15, 0.2) is 0 Å². The van der Waals surface area contributed by atoms with Crippen molar-refractivity contribution in [2.45, 2.75) is 32.7 Å². The van der Waals surface area contributed by atoms with E-state index < -0.39 is 0 Å². The van der Waals surface area contributed by atoms with Crippen LogP contribution in [-0.2, 0) is 0 Å². The third-order valence-electron chi connectivity index (χ3n) is 3.73. The molecule has 0 saturated carbocycles. The fourth-order valence-electron chi connectivity index (χ4n) is 2.27. The number of rotatable bonds is 7. The van der Waals surface area contributed by atoms with Crippen LogP contribution in [0.3, 0.4) is 0 Å². The van der Waals surface area contributed by atoms with Gasteiger partial charge in [0.1, 0.15) is 0 Å². The Labute approximate surface area is 142 Å². The van der Waals surface area contributed by atoms with Crippen LogP contribution < -0.4 is 10.6 Å². The molecular formula is C19H23N3O2. The van der Waals surface area contributed by atoms with E-state index in [1.54, 1.807) is 6.07 Å². The molecule has 0 aliphatic heterocycles. The molecule has 2 amide bonds. The molecule has 24 heavy (non-hydrogen) atoms. The lowest BCUT2D eigenvalue weighted by molar-refractivity contribution is 0.0939. The number of unbranched alkanes of at least 4 members (excludes halogenated alkanes) is 1. The normalized spacial score (nSPS) is 11.6. The number of aromatic nitrogens is 1. The smallest absolute Gasteiger partial charge is 0.253 e. The van der Waals surface area contributed by atoms with E-state index in [2.05, 4.69) is 22.5 Å². The highest BCUT2D eigenvalue weighted by molar-refractivity contribution is 5.99. The molecule has 1 aromatic carbocycles. The van der Waals surface area contributed by atoms with Crippen LogP contribution in [0.5, 0.6) is 0 Å². The van der Waals surface area contributed by atoms with Gasteiger partial charge in [0.25, 0.3) is 11.8 Å². The highest BCUT2D eigenvalue weighted by Gasteiger charge is 2.14. The molecule has 5 heteroatoms. The van der Waals surface area contributed by atoms with Crippen molar-refractivity contribution < 1.29 is 9.59 Å². The van der Waals surface area contributed by atoms with Crippen molar-refractivity contribution in [3.05, 3.63) is 65.5 Å². The molecule has 0 saturated heterocycles. The number of carbonyl (C=O) groups excluding carboxylic acids is 2. The zero-order chi connectivity index (χ0) is 17.4. The van der Waals surface area contributed by atoms with Gasteiger partial charge in [0.2, 0.25) is 0 Å². The molecule has 0 fully saturated rings. The molecular weight excluding hydrogens is 302 g/mol. The summed E-state index contributed by atoms with van der Waals surface area (Å²) in [5.74, 6) is -0.455. The van der Waals surface area contributed by atoms with Gasteiger partial charge < -0.3 is 10.6 Å². The average molecular weight is 325 g/mol. The van der Waals surface area contributed by atoms with E-state index in [-0.39, 0.29) is 17.9 Å². The fraction of sp³-hybridized carbons (Fsp3) is 0.316. The minimum atomic E-state index is -0.248. The van der Waals surface area contributed by atoms with E-state index in [9.17, 15) is 9.59 Å². The van der Waals surface area contributed by atoms with Crippen LogP contribution in [0.15, 0.2) is 48.8 Å². The Bertz CT molecular complexity index is 686. The number of amides is 2. The van der Waals surface area contributed by atoms with Crippen LogP contribution >= 0.6 is 0 Å². The van der Waals surface area contributed by atoms with Crippen molar-refractivity contribution in [2.24, 2.45) is 0 Å². The largest absolute Gasteiger partial charge is 0.352 e. The molecule has 5 nitrogen and oxygen atoms in total. The van der Waals surface area contributed by atoms with Crippen LogP contribution in [0, 0.1) is 0 Å². The molecule has 2 aromatic rings. The molecule has 1 heterocycles. The summed E-state index contributed by atoms with van der Waals surface area (Å²) in [7, 11) is 0. The van der Waals surface area contributed by atoms with Gasteiger partial charge in [-0.3, -0.25) is 14.6 Å². The molecule has 0 bridgehead atoms. The number of carbonyl (C=O) groups is 2. The summed E-state index contributed by atoms with van der Waals surface area (Å²) in [5, 5.41) is 5.74. The number of pyridine rings is 1. The summed E-state index contributed by atoms with van der Waals surface area (Å²) < 4.78 is 0. The van der Waals surface area contributed by atoms with Crippen LogP contribution in [0.4, 0.5) is 0 Å². The van der Waals surface area contributed by atoms with E-state index in [1.807, 2.05) is 37.3 Å². The van der Waals surface area contributed by atoms with Gasteiger partial charge in [-0.15, -0.1) is 0 Å². The van der Waals surface area contributed by atoms with Gasteiger partial charge in [-0.2, -0.15) is 0 Å². The molecule has 0 aliphatic rings. The topological polar surface area (TPSA) is 71.1 Å². The molecule has 1 aromatic heterocycles. The first-order valence-electron chi connectivity index (χ1n) is 8.21. The van der Waals surface area contributed by atoms with E-state index in [0.29, 0.717) is 17.7 Å². The predicted octanol–water partition coefficient (Wildman–Crippen LogP) is 3.10. The molecule has 1 atom stereocenters. The summed E-state index contributed by atoms with van der Waals surface area (Å²) in [6.07, 6.45) is 4.88. The summed E-state index contributed by atoms with van der Waals surface area (Å²) in [6.45, 7) is 4.60. The molecule has 2 rings (SSSR count). The summed E-state index contributed by atoms with van der Waals surface area (Å²) in [5.41, 5.74) is 1.79. The average Bonchev–Trinajstić information content (AvgIpc) is 2.62. The number of benzene rings is 1. The number of nitrogens with one attached hydrogen (secondary N) is 2. The molecule has 1 unspecified atom stereocenters. The standard InChI is InChI=1S/C19H23N3O2/c1-3-4-10-21-18(23)16-11-17(13-20-12-16)19(24)22-14(2)15-8-6-5-7-9-15/h5-9,11-14H,3-4,10H2,1-2H3,(H,21,23)(H,22,24). The Morgan fingerprint density at radius 2 is 1.75 bits per heavy atom. The van der Waals surface area contributed by atoms with Crippen LogP contribution in [0.1, 0.15) is 59.0 Å². The lowest BCUT2D eigenvalue weighted by Crippen LogP contribution is -2.28. The van der Waals surface area contributed by atoms with E-state index in [0.717, 1.165) is 18.4 Å². The lowest BCUT2D eigenvalue weighted by atomic mass is 10.1. The first kappa shape index (κ1) is 17.7. The third-order valence-corrected chi connectivity index (χ3v) is 3.73. The van der Waals surface area contributed by atoms with Crippen LogP contribution in [0.25, 0.3) is 0 Å². The quantitative estimate of drug-likeness (QED) is 0.768. The number of hydrogen-bond acceptors (Lipinski definition) is 3. The molecule has 2 N–H and O–H groups in total. The monoisotopic (exact) mass is 325 g/mol. The first-order valence-corrected chi connectivity index (χ1v) is 8.21. The first-order chi connectivity index (χ1) is 11.6. The van der Waals surface area contributed by atoms with Crippen molar-refractivity contribution in [1.29, 1.82) is 0 Å². The zero-order valence-corrected chi connectivity index (χ0v) is 14.1. The van der Waals surface area contributed by atoms with Gasteiger partial charge in [0.05, 0.1) is 17.2 Å². The summed E-state index contributed by atoms with van der Waals surface area (Å²) in [6, 6.07) is 11.2. The van der Waals surface area contributed by atoms with Crippen LogP contribution in [0.2, 0.25) is 0 Å². The molecule has 0 spiro atoms. The Morgan fingerprint density at radius 1 is 1.08 bits per heavy atom. The maximum Gasteiger partial charge on any atom is 0.253 e. The van der Waals surface area contributed by atoms with Gasteiger partial charge in [-0.1, -0.05) is 43.7 Å². The second-order valence-electron chi connectivity index (χ2n) is 5.68. The Hall–Kier alpha value is -2.69. The van der Waals surface area contributed by atoms with Crippen molar-refractivity contribution in [1.82, 2.24) is 15.6 Å². The zero-order valence-electron chi connectivity index (χ0n) is 14.1. The van der Waals surface area contributed by atoms with Gasteiger partial charge >= 0.3 is 0 Å². The SMILES string of the molecule is CCCCNC(=O)c1cncc(C(=O)NC(C)c2ccccc2)c1. The number of nitrogens with zero attached hydrogens (tertiary/aromatic N) is 1. The van der Waals surface area contributed by atoms with E-state index >= 15 is 0 Å². The fourth-order valence-corrected chi connectivity index (χ4v) is 2.27. The highest BCUT2D eigenvalue weighted by Crippen LogP contribution is 2.12. The van der Waals surface area contributed by atoms with Gasteiger partial charge in [-0.25, -0.2) is 0 Å². The molecule has 0 radical (unpaired) electrons. The van der Waals surface area contributed by atoms with Gasteiger partial charge in [-0.05, 0) is 25.0 Å². The summed E-state index contributed by atoms with van der Waals surface area (Å²) >= 11 is 0. The Kier molecular flexibility index (Phi) is 6.49. The van der Waals surface area contributed by atoms with Crippen molar-refractivity contribution >= 4 is 11.8 Å². The maximum absolute atomic E-state index is 12.4.